The Hall–Kier alpha value is -1.66. The van der Waals surface area contributed by atoms with E-state index in [2.05, 4.69) is 10.6 Å². The van der Waals surface area contributed by atoms with E-state index in [1.54, 1.807) is 0 Å². The Labute approximate surface area is 113 Å². The maximum absolute atomic E-state index is 13.1. The van der Waals surface area contributed by atoms with Gasteiger partial charge in [-0.25, -0.2) is 4.39 Å². The number of amides is 2. The Balaban J connectivity index is 2.02. The van der Waals surface area contributed by atoms with Crippen molar-refractivity contribution in [3.05, 3.63) is 34.6 Å². The van der Waals surface area contributed by atoms with Gasteiger partial charge < -0.3 is 15.7 Å². The van der Waals surface area contributed by atoms with Crippen molar-refractivity contribution in [2.45, 2.75) is 18.6 Å². The van der Waals surface area contributed by atoms with Crippen molar-refractivity contribution in [3.8, 4) is 0 Å². The molecule has 1 aromatic carbocycles. The second-order valence-electron chi connectivity index (χ2n) is 4.33. The number of hydrogen-bond acceptors (Lipinski definition) is 3. The van der Waals surface area contributed by atoms with Crippen molar-refractivity contribution >= 4 is 23.4 Å². The summed E-state index contributed by atoms with van der Waals surface area (Å²) in [5, 5.41) is 14.9. The first kappa shape index (κ1) is 13.8. The monoisotopic (exact) mass is 286 g/mol. The van der Waals surface area contributed by atoms with Crippen molar-refractivity contribution in [3.63, 3.8) is 0 Å². The van der Waals surface area contributed by atoms with Gasteiger partial charge in [0.15, 0.2) is 0 Å². The van der Waals surface area contributed by atoms with Crippen molar-refractivity contribution < 1.29 is 19.1 Å². The van der Waals surface area contributed by atoms with Crippen molar-refractivity contribution in [1.29, 1.82) is 0 Å². The molecular weight excluding hydrogens is 275 g/mol. The average molecular weight is 287 g/mol. The van der Waals surface area contributed by atoms with Gasteiger partial charge in [-0.05, 0) is 23.8 Å². The Morgan fingerprint density at radius 1 is 1.53 bits per heavy atom. The fraction of sp³-hybridized carbons (Fsp3) is 0.333. The van der Waals surface area contributed by atoms with Crippen molar-refractivity contribution in [1.82, 2.24) is 10.6 Å². The number of carbonyl (C=O) groups excluding carboxylic acids is 2. The first-order valence-corrected chi connectivity index (χ1v) is 6.03. The summed E-state index contributed by atoms with van der Waals surface area (Å²) < 4.78 is 13.1. The van der Waals surface area contributed by atoms with Crippen LogP contribution in [0.4, 0.5) is 4.39 Å². The zero-order valence-corrected chi connectivity index (χ0v) is 10.6. The van der Waals surface area contributed by atoms with Crippen LogP contribution < -0.4 is 10.6 Å². The summed E-state index contributed by atoms with van der Waals surface area (Å²) in [4.78, 5) is 23.1. The summed E-state index contributed by atoms with van der Waals surface area (Å²) in [6.45, 7) is 0.223. The molecule has 102 valence electrons. The minimum atomic E-state index is -2.04. The molecule has 1 fully saturated rings. The molecule has 5 nitrogen and oxygen atoms in total. The van der Waals surface area contributed by atoms with Crippen molar-refractivity contribution in [2.75, 3.05) is 6.54 Å². The molecule has 2 rings (SSSR count). The molecule has 1 aromatic rings. The van der Waals surface area contributed by atoms with Crippen LogP contribution in [0.5, 0.6) is 0 Å². The predicted molar refractivity (Wildman–Crippen MR) is 65.8 cm³/mol. The highest BCUT2D eigenvalue weighted by Crippen LogP contribution is 2.17. The van der Waals surface area contributed by atoms with Crippen LogP contribution in [-0.2, 0) is 16.1 Å². The van der Waals surface area contributed by atoms with Gasteiger partial charge in [0.25, 0.3) is 11.8 Å². The molecular formula is C12H12ClFN2O3. The van der Waals surface area contributed by atoms with E-state index in [9.17, 15) is 19.1 Å². The van der Waals surface area contributed by atoms with Crippen LogP contribution in [0.15, 0.2) is 18.2 Å². The highest BCUT2D eigenvalue weighted by Gasteiger charge is 2.47. The maximum Gasteiger partial charge on any atom is 0.262 e. The van der Waals surface area contributed by atoms with Gasteiger partial charge in [-0.15, -0.1) is 0 Å². The minimum absolute atomic E-state index is 0.0155. The molecule has 0 radical (unpaired) electrons. The molecule has 19 heavy (non-hydrogen) atoms. The first-order valence-electron chi connectivity index (χ1n) is 5.66. The molecule has 7 heteroatoms. The summed E-state index contributed by atoms with van der Waals surface area (Å²) in [6, 6.07) is 3.85. The Bertz CT molecular complexity index is 517. The molecule has 0 aliphatic carbocycles. The standard InChI is InChI=1S/C12H12ClFN2O3/c13-8-3-7(4-9(14)5-8)6-16-11(18)12(19)1-2-15-10(12)17/h3-5,19H,1-2,6H2,(H,15,17)(H,16,18). The van der Waals surface area contributed by atoms with Crippen molar-refractivity contribution in [2.24, 2.45) is 0 Å². The topological polar surface area (TPSA) is 78.4 Å². The fourth-order valence-electron chi connectivity index (χ4n) is 1.87. The molecule has 2 amide bonds. The van der Waals surface area contributed by atoms with Crippen LogP contribution in [-0.4, -0.2) is 29.1 Å². The van der Waals surface area contributed by atoms with Crippen LogP contribution >= 0.6 is 11.6 Å². The quantitative estimate of drug-likeness (QED) is 0.702. The van der Waals surface area contributed by atoms with E-state index in [4.69, 9.17) is 11.6 Å². The Kier molecular flexibility index (Phi) is 3.73. The van der Waals surface area contributed by atoms with E-state index < -0.39 is 23.2 Å². The van der Waals surface area contributed by atoms with E-state index in [1.807, 2.05) is 0 Å². The number of aliphatic hydroxyl groups is 1. The molecule has 1 aliphatic heterocycles. The maximum atomic E-state index is 13.1. The van der Waals surface area contributed by atoms with E-state index in [0.29, 0.717) is 5.56 Å². The number of carbonyl (C=O) groups is 2. The lowest BCUT2D eigenvalue weighted by atomic mass is 10.0. The molecule has 0 bridgehead atoms. The number of nitrogens with one attached hydrogen (secondary N) is 2. The Morgan fingerprint density at radius 2 is 2.26 bits per heavy atom. The third kappa shape index (κ3) is 2.85. The van der Waals surface area contributed by atoms with Crippen LogP contribution in [0.3, 0.4) is 0 Å². The highest BCUT2D eigenvalue weighted by molar-refractivity contribution is 6.30. The zero-order chi connectivity index (χ0) is 14.0. The van der Waals surface area contributed by atoms with Gasteiger partial charge in [0.05, 0.1) is 0 Å². The van der Waals surface area contributed by atoms with Gasteiger partial charge >= 0.3 is 0 Å². The zero-order valence-electron chi connectivity index (χ0n) is 9.87. The second-order valence-corrected chi connectivity index (χ2v) is 4.76. The average Bonchev–Trinajstić information content (AvgIpc) is 2.67. The van der Waals surface area contributed by atoms with Gasteiger partial charge in [0, 0.05) is 24.5 Å². The van der Waals surface area contributed by atoms with Gasteiger partial charge in [0.2, 0.25) is 5.60 Å². The molecule has 1 aliphatic rings. The van der Waals surface area contributed by atoms with Crippen LogP contribution in [0.2, 0.25) is 5.02 Å². The summed E-state index contributed by atoms with van der Waals surface area (Å²) in [7, 11) is 0. The molecule has 0 aromatic heterocycles. The highest BCUT2D eigenvalue weighted by atomic mass is 35.5. The third-order valence-corrected chi connectivity index (χ3v) is 3.12. The molecule has 0 spiro atoms. The number of halogens is 2. The first-order chi connectivity index (χ1) is 8.91. The van der Waals surface area contributed by atoms with Crippen LogP contribution in [0, 0.1) is 5.82 Å². The van der Waals surface area contributed by atoms with Crippen LogP contribution in [0.25, 0.3) is 0 Å². The number of benzene rings is 1. The van der Waals surface area contributed by atoms with E-state index in [1.165, 1.54) is 12.1 Å². The summed E-state index contributed by atoms with van der Waals surface area (Å²) >= 11 is 5.68. The lowest BCUT2D eigenvalue weighted by Crippen LogP contribution is -2.51. The van der Waals surface area contributed by atoms with Gasteiger partial charge in [-0.1, -0.05) is 11.6 Å². The summed E-state index contributed by atoms with van der Waals surface area (Å²) in [5.74, 6) is -2.04. The summed E-state index contributed by atoms with van der Waals surface area (Å²) in [5.41, 5.74) is -1.60. The molecule has 0 saturated carbocycles. The van der Waals surface area contributed by atoms with Gasteiger partial charge in [-0.2, -0.15) is 0 Å². The van der Waals surface area contributed by atoms with E-state index >= 15 is 0 Å². The predicted octanol–water partition coefficient (Wildman–Crippen LogP) is 0.346. The fourth-order valence-corrected chi connectivity index (χ4v) is 2.12. The Morgan fingerprint density at radius 3 is 2.84 bits per heavy atom. The third-order valence-electron chi connectivity index (χ3n) is 2.90. The molecule has 1 saturated heterocycles. The molecule has 1 atom stereocenters. The lowest BCUT2D eigenvalue weighted by molar-refractivity contribution is -0.150. The SMILES string of the molecule is O=C1NCCC1(O)C(=O)NCc1cc(F)cc(Cl)c1. The number of hydrogen-bond donors (Lipinski definition) is 3. The van der Waals surface area contributed by atoms with Gasteiger partial charge in [-0.3, -0.25) is 9.59 Å². The van der Waals surface area contributed by atoms with E-state index in [-0.39, 0.29) is 24.5 Å². The molecule has 1 unspecified atom stereocenters. The largest absolute Gasteiger partial charge is 0.372 e. The molecule has 1 heterocycles. The normalized spacial score (nSPS) is 22.2. The second kappa shape index (κ2) is 5.14. The lowest BCUT2D eigenvalue weighted by Gasteiger charge is -2.18. The smallest absolute Gasteiger partial charge is 0.262 e. The van der Waals surface area contributed by atoms with Gasteiger partial charge in [0.1, 0.15) is 5.82 Å². The minimum Gasteiger partial charge on any atom is -0.372 e. The van der Waals surface area contributed by atoms with E-state index in [0.717, 1.165) is 6.07 Å². The number of rotatable bonds is 3. The summed E-state index contributed by atoms with van der Waals surface area (Å²) in [6.07, 6.45) is 0.0155. The molecule has 3 N–H and O–H groups in total. The van der Waals surface area contributed by atoms with Crippen LogP contribution in [0.1, 0.15) is 12.0 Å².